The molecule has 0 aromatic carbocycles. The molecule has 16 heavy (non-hydrogen) atoms. The lowest BCUT2D eigenvalue weighted by Crippen LogP contribution is -2.34. The van der Waals surface area contributed by atoms with Crippen molar-refractivity contribution < 1.29 is 9.52 Å². The highest BCUT2D eigenvalue weighted by Crippen LogP contribution is 2.35. The average Bonchev–Trinajstić information content (AvgIpc) is 3.00. The predicted octanol–water partition coefficient (Wildman–Crippen LogP) is 2.85. The van der Waals surface area contributed by atoms with Gasteiger partial charge in [0, 0.05) is 12.6 Å². The Morgan fingerprint density at radius 3 is 2.88 bits per heavy atom. The Labute approximate surface area is 104 Å². The molecule has 2 atom stereocenters. The third-order valence-electron chi connectivity index (χ3n) is 3.13. The molecule has 1 aliphatic carbocycles. The fourth-order valence-electron chi connectivity index (χ4n) is 2.10. The summed E-state index contributed by atoms with van der Waals surface area (Å²) in [5, 5.41) is 12.6. The Kier molecular flexibility index (Phi) is 4.05. The van der Waals surface area contributed by atoms with Crippen LogP contribution in [0.5, 0.6) is 0 Å². The average molecular weight is 288 g/mol. The molecule has 1 aromatic rings. The highest BCUT2D eigenvalue weighted by molar-refractivity contribution is 9.10. The van der Waals surface area contributed by atoms with E-state index in [-0.39, 0.29) is 12.6 Å². The molecule has 0 amide bonds. The molecular weight excluding hydrogens is 270 g/mol. The lowest BCUT2D eigenvalue weighted by atomic mass is 10.1. The van der Waals surface area contributed by atoms with E-state index < -0.39 is 0 Å². The van der Waals surface area contributed by atoms with Crippen LogP contribution in [0.4, 0.5) is 0 Å². The standard InChI is InChI=1S/C12H18BrNO2/c1-8(12-10(13)5-7-16-12)14-11(4-6-15)9-2-3-9/h5,7-9,11,14-15H,2-4,6H2,1H3. The van der Waals surface area contributed by atoms with Gasteiger partial charge in [0.2, 0.25) is 0 Å². The molecule has 1 saturated carbocycles. The van der Waals surface area contributed by atoms with Crippen LogP contribution in [0, 0.1) is 5.92 Å². The summed E-state index contributed by atoms with van der Waals surface area (Å²) in [6.07, 6.45) is 5.08. The van der Waals surface area contributed by atoms with Crippen LogP contribution in [-0.2, 0) is 0 Å². The first kappa shape index (κ1) is 12.1. The molecule has 3 nitrogen and oxygen atoms in total. The van der Waals surface area contributed by atoms with Crippen LogP contribution in [0.15, 0.2) is 21.2 Å². The molecule has 0 radical (unpaired) electrons. The monoisotopic (exact) mass is 287 g/mol. The molecule has 2 unspecified atom stereocenters. The molecule has 0 bridgehead atoms. The molecule has 1 fully saturated rings. The second kappa shape index (κ2) is 5.34. The topological polar surface area (TPSA) is 45.4 Å². The number of aliphatic hydroxyl groups is 1. The molecule has 90 valence electrons. The number of aliphatic hydroxyl groups excluding tert-OH is 1. The largest absolute Gasteiger partial charge is 0.466 e. The Morgan fingerprint density at radius 1 is 1.62 bits per heavy atom. The van der Waals surface area contributed by atoms with Crippen LogP contribution in [-0.4, -0.2) is 17.8 Å². The van der Waals surface area contributed by atoms with Gasteiger partial charge >= 0.3 is 0 Å². The van der Waals surface area contributed by atoms with E-state index in [1.54, 1.807) is 6.26 Å². The van der Waals surface area contributed by atoms with Crippen molar-refractivity contribution in [2.24, 2.45) is 5.92 Å². The van der Waals surface area contributed by atoms with Crippen molar-refractivity contribution in [2.45, 2.75) is 38.3 Å². The second-order valence-electron chi connectivity index (χ2n) is 4.48. The summed E-state index contributed by atoms with van der Waals surface area (Å²) in [6, 6.07) is 2.50. The number of furan rings is 1. The molecule has 1 heterocycles. The molecule has 4 heteroatoms. The van der Waals surface area contributed by atoms with Crippen molar-refractivity contribution in [2.75, 3.05) is 6.61 Å². The van der Waals surface area contributed by atoms with E-state index in [0.29, 0.717) is 6.04 Å². The van der Waals surface area contributed by atoms with Crippen LogP contribution in [0.2, 0.25) is 0 Å². The van der Waals surface area contributed by atoms with Gasteiger partial charge in [-0.05, 0) is 54.1 Å². The summed E-state index contributed by atoms with van der Waals surface area (Å²) in [7, 11) is 0. The Bertz CT molecular complexity index is 336. The number of nitrogens with one attached hydrogen (secondary N) is 1. The van der Waals surface area contributed by atoms with E-state index in [1.165, 1.54) is 12.8 Å². The summed E-state index contributed by atoms with van der Waals surface area (Å²) in [5.74, 6) is 1.67. The van der Waals surface area contributed by atoms with Crippen LogP contribution in [0.25, 0.3) is 0 Å². The first-order valence-corrected chi connectivity index (χ1v) is 6.61. The summed E-state index contributed by atoms with van der Waals surface area (Å²) in [4.78, 5) is 0. The third kappa shape index (κ3) is 2.87. The molecule has 1 aromatic heterocycles. The van der Waals surface area contributed by atoms with Crippen molar-refractivity contribution in [1.82, 2.24) is 5.32 Å². The van der Waals surface area contributed by atoms with Crippen molar-refractivity contribution in [3.63, 3.8) is 0 Å². The van der Waals surface area contributed by atoms with Gasteiger partial charge in [0.05, 0.1) is 16.8 Å². The highest BCUT2D eigenvalue weighted by Gasteiger charge is 2.32. The van der Waals surface area contributed by atoms with Gasteiger partial charge in [-0.3, -0.25) is 0 Å². The Morgan fingerprint density at radius 2 is 2.38 bits per heavy atom. The first-order valence-electron chi connectivity index (χ1n) is 5.82. The van der Waals surface area contributed by atoms with Crippen LogP contribution >= 0.6 is 15.9 Å². The molecule has 2 rings (SSSR count). The Balaban J connectivity index is 1.94. The summed E-state index contributed by atoms with van der Waals surface area (Å²) >= 11 is 3.47. The van der Waals surface area contributed by atoms with Crippen molar-refractivity contribution in [1.29, 1.82) is 0 Å². The molecule has 2 N–H and O–H groups in total. The zero-order chi connectivity index (χ0) is 11.5. The van der Waals surface area contributed by atoms with E-state index in [0.717, 1.165) is 22.6 Å². The molecule has 1 aliphatic rings. The number of rotatable bonds is 6. The zero-order valence-corrected chi connectivity index (χ0v) is 11.0. The van der Waals surface area contributed by atoms with Gasteiger partial charge in [-0.25, -0.2) is 0 Å². The number of halogens is 1. The highest BCUT2D eigenvalue weighted by atomic mass is 79.9. The quantitative estimate of drug-likeness (QED) is 0.846. The summed E-state index contributed by atoms with van der Waals surface area (Å²) < 4.78 is 6.44. The first-order chi connectivity index (χ1) is 7.72. The van der Waals surface area contributed by atoms with Crippen LogP contribution in [0.3, 0.4) is 0 Å². The van der Waals surface area contributed by atoms with E-state index in [2.05, 4.69) is 28.2 Å². The smallest absolute Gasteiger partial charge is 0.134 e. The zero-order valence-electron chi connectivity index (χ0n) is 9.45. The maximum Gasteiger partial charge on any atom is 0.134 e. The molecular formula is C12H18BrNO2. The van der Waals surface area contributed by atoms with Gasteiger partial charge in [-0.1, -0.05) is 0 Å². The van der Waals surface area contributed by atoms with Gasteiger partial charge in [0.25, 0.3) is 0 Å². The van der Waals surface area contributed by atoms with Gasteiger partial charge in [-0.15, -0.1) is 0 Å². The van der Waals surface area contributed by atoms with Crippen LogP contribution < -0.4 is 5.32 Å². The van der Waals surface area contributed by atoms with Crippen LogP contribution in [0.1, 0.15) is 38.0 Å². The third-order valence-corrected chi connectivity index (χ3v) is 3.79. The minimum atomic E-state index is 0.182. The number of hydrogen-bond acceptors (Lipinski definition) is 3. The normalized spacial score (nSPS) is 19.7. The second-order valence-corrected chi connectivity index (χ2v) is 5.33. The molecule has 0 saturated heterocycles. The van der Waals surface area contributed by atoms with Gasteiger partial charge in [0.15, 0.2) is 0 Å². The van der Waals surface area contributed by atoms with Crippen molar-refractivity contribution >= 4 is 15.9 Å². The van der Waals surface area contributed by atoms with E-state index in [1.807, 2.05) is 6.07 Å². The van der Waals surface area contributed by atoms with E-state index >= 15 is 0 Å². The summed E-state index contributed by atoms with van der Waals surface area (Å²) in [6.45, 7) is 2.34. The molecule has 0 spiro atoms. The molecule has 0 aliphatic heterocycles. The van der Waals surface area contributed by atoms with E-state index in [4.69, 9.17) is 9.52 Å². The number of hydrogen-bond donors (Lipinski definition) is 2. The summed E-state index contributed by atoms with van der Waals surface area (Å²) in [5.41, 5.74) is 0. The maximum absolute atomic E-state index is 9.04. The van der Waals surface area contributed by atoms with Gasteiger partial charge < -0.3 is 14.8 Å². The van der Waals surface area contributed by atoms with E-state index in [9.17, 15) is 0 Å². The maximum atomic E-state index is 9.04. The van der Waals surface area contributed by atoms with Crippen molar-refractivity contribution in [3.05, 3.63) is 22.6 Å². The minimum absolute atomic E-state index is 0.182. The van der Waals surface area contributed by atoms with Crippen molar-refractivity contribution in [3.8, 4) is 0 Å². The van der Waals surface area contributed by atoms with Gasteiger partial charge in [0.1, 0.15) is 5.76 Å². The lowest BCUT2D eigenvalue weighted by Gasteiger charge is -2.21. The Hall–Kier alpha value is -0.320. The minimum Gasteiger partial charge on any atom is -0.466 e. The predicted molar refractivity (Wildman–Crippen MR) is 66.2 cm³/mol. The SMILES string of the molecule is CC(NC(CCO)C1CC1)c1occc1Br. The lowest BCUT2D eigenvalue weighted by molar-refractivity contribution is 0.245. The fraction of sp³-hybridized carbons (Fsp3) is 0.667. The fourth-order valence-corrected chi connectivity index (χ4v) is 2.65. The van der Waals surface area contributed by atoms with Gasteiger partial charge in [-0.2, -0.15) is 0 Å².